The van der Waals surface area contributed by atoms with Crippen molar-refractivity contribution in [2.24, 2.45) is 0 Å². The predicted molar refractivity (Wildman–Crippen MR) is 114 cm³/mol. The summed E-state index contributed by atoms with van der Waals surface area (Å²) in [6.45, 7) is -1.16. The lowest BCUT2D eigenvalue weighted by molar-refractivity contribution is -0.138. The Balaban J connectivity index is 1.52. The fourth-order valence-electron chi connectivity index (χ4n) is 4.22. The average molecular weight is 474 g/mol. The van der Waals surface area contributed by atoms with Crippen molar-refractivity contribution in [3.8, 4) is 0 Å². The number of nitrogens with one attached hydrogen (secondary N) is 1. The maximum Gasteiger partial charge on any atom is 0.416 e. The van der Waals surface area contributed by atoms with Gasteiger partial charge < -0.3 is 16.0 Å². The Hall–Kier alpha value is -3.96. The van der Waals surface area contributed by atoms with Crippen LogP contribution < -0.4 is 16.0 Å². The van der Waals surface area contributed by atoms with Crippen LogP contribution in [0.25, 0.3) is 0 Å². The number of aromatic nitrogens is 3. The highest BCUT2D eigenvalue weighted by Crippen LogP contribution is 2.49. The van der Waals surface area contributed by atoms with Crippen molar-refractivity contribution in [3.63, 3.8) is 0 Å². The van der Waals surface area contributed by atoms with Gasteiger partial charge in [0.1, 0.15) is 12.5 Å². The molecule has 0 unspecified atom stereocenters. The van der Waals surface area contributed by atoms with Crippen molar-refractivity contribution in [3.05, 3.63) is 65.1 Å². The Kier molecular flexibility index (Phi) is 4.85. The largest absolute Gasteiger partial charge is 0.416 e. The molecule has 2 aromatic heterocycles. The fourth-order valence-corrected chi connectivity index (χ4v) is 4.22. The first-order valence-electron chi connectivity index (χ1n) is 10.3. The summed E-state index contributed by atoms with van der Waals surface area (Å²) in [5.41, 5.74) is 4.04. The molecule has 8 nitrogen and oxygen atoms in total. The van der Waals surface area contributed by atoms with Gasteiger partial charge >= 0.3 is 6.18 Å². The summed E-state index contributed by atoms with van der Waals surface area (Å²) >= 11 is 0. The van der Waals surface area contributed by atoms with Crippen LogP contribution >= 0.6 is 0 Å². The number of anilines is 3. The monoisotopic (exact) mass is 474 g/mol. The third kappa shape index (κ3) is 3.45. The molecule has 0 radical (unpaired) electrons. The Morgan fingerprint density at radius 2 is 2.00 bits per heavy atom. The molecule has 176 valence electrons. The van der Waals surface area contributed by atoms with Gasteiger partial charge in [-0.1, -0.05) is 0 Å². The van der Waals surface area contributed by atoms with Crippen LogP contribution in [0.2, 0.25) is 0 Å². The highest BCUT2D eigenvalue weighted by Gasteiger charge is 2.54. The van der Waals surface area contributed by atoms with Gasteiger partial charge in [0.25, 0.3) is 11.8 Å². The van der Waals surface area contributed by atoms with Crippen LogP contribution in [0, 0.1) is 0 Å². The van der Waals surface area contributed by atoms with E-state index in [0.717, 1.165) is 18.2 Å². The predicted octanol–water partition coefficient (Wildman–Crippen LogP) is 3.75. The van der Waals surface area contributed by atoms with Gasteiger partial charge in [0, 0.05) is 11.9 Å². The molecular weight excluding hydrogens is 456 g/mol. The first-order valence-corrected chi connectivity index (χ1v) is 10.3. The Morgan fingerprint density at radius 3 is 2.65 bits per heavy atom. The lowest BCUT2D eigenvalue weighted by Gasteiger charge is -2.34. The van der Waals surface area contributed by atoms with Crippen molar-refractivity contribution in [2.45, 2.75) is 31.2 Å². The number of rotatable bonds is 4. The molecule has 1 aliphatic heterocycles. The maximum atomic E-state index is 13.4. The van der Waals surface area contributed by atoms with E-state index in [1.807, 2.05) is 0 Å². The number of carbonyl (C=O) groups excluding carboxylic acids is 2. The summed E-state index contributed by atoms with van der Waals surface area (Å²) in [4.78, 5) is 31.3. The third-order valence-corrected chi connectivity index (χ3v) is 6.13. The summed E-state index contributed by atoms with van der Waals surface area (Å²) in [5, 5.41) is 6.93. The van der Waals surface area contributed by atoms with Crippen LogP contribution in [0.5, 0.6) is 0 Å². The number of nitrogens with two attached hydrogens (primary N) is 1. The van der Waals surface area contributed by atoms with Gasteiger partial charge in [0.15, 0.2) is 5.69 Å². The van der Waals surface area contributed by atoms with Crippen molar-refractivity contribution in [1.82, 2.24) is 14.8 Å². The number of pyridine rings is 1. The van der Waals surface area contributed by atoms with Crippen molar-refractivity contribution in [1.29, 1.82) is 0 Å². The summed E-state index contributed by atoms with van der Waals surface area (Å²) < 4.78 is 54.6. The topological polar surface area (TPSA) is 106 Å². The minimum Gasteiger partial charge on any atom is -0.383 e. The lowest BCUT2D eigenvalue weighted by Crippen LogP contribution is -2.48. The second-order valence-corrected chi connectivity index (χ2v) is 8.30. The van der Waals surface area contributed by atoms with E-state index in [9.17, 15) is 27.2 Å². The lowest BCUT2D eigenvalue weighted by atomic mass is 10.0. The molecule has 1 aliphatic carbocycles. The van der Waals surface area contributed by atoms with E-state index < -0.39 is 41.3 Å². The van der Waals surface area contributed by atoms with E-state index in [1.54, 1.807) is 4.68 Å². The number of amides is 2. The molecule has 3 aromatic rings. The van der Waals surface area contributed by atoms with E-state index >= 15 is 0 Å². The normalized spacial score (nSPS) is 16.5. The maximum absolute atomic E-state index is 13.4. The molecule has 1 fully saturated rings. The van der Waals surface area contributed by atoms with Gasteiger partial charge in [-0.15, -0.1) is 0 Å². The van der Waals surface area contributed by atoms with Gasteiger partial charge in [0.2, 0.25) is 0 Å². The van der Waals surface area contributed by atoms with Crippen LogP contribution in [0.15, 0.2) is 42.7 Å². The van der Waals surface area contributed by atoms with Crippen LogP contribution in [0.1, 0.15) is 44.8 Å². The quantitative estimate of drug-likeness (QED) is 0.561. The second-order valence-electron chi connectivity index (χ2n) is 8.30. The number of nitrogens with zero attached hydrogens (tertiary/aromatic N) is 4. The van der Waals surface area contributed by atoms with Crippen molar-refractivity contribution < 1.29 is 27.2 Å². The van der Waals surface area contributed by atoms with E-state index in [4.69, 9.17) is 5.73 Å². The molecule has 0 bridgehead atoms. The number of fused-ring (bicyclic) bond motifs is 2. The Morgan fingerprint density at radius 1 is 1.24 bits per heavy atom. The molecule has 3 heterocycles. The summed E-state index contributed by atoms with van der Waals surface area (Å²) in [6.07, 6.45) is -0.563. The number of alkyl halides is 4. The van der Waals surface area contributed by atoms with E-state index in [1.165, 1.54) is 29.4 Å². The minimum absolute atomic E-state index is 0.0103. The third-order valence-electron chi connectivity index (χ3n) is 6.13. The number of halogens is 4. The van der Waals surface area contributed by atoms with Crippen LogP contribution in [-0.2, 0) is 18.4 Å². The van der Waals surface area contributed by atoms with Gasteiger partial charge in [-0.25, -0.2) is 14.1 Å². The molecule has 3 N–H and O–H groups in total. The Labute approximate surface area is 190 Å². The number of hydrogen-bond donors (Lipinski definition) is 2. The van der Waals surface area contributed by atoms with Gasteiger partial charge in [-0.3, -0.25) is 9.59 Å². The van der Waals surface area contributed by atoms with Crippen molar-refractivity contribution >= 4 is 29.0 Å². The number of nitrogen functional groups attached to an aromatic ring is 1. The zero-order valence-electron chi connectivity index (χ0n) is 17.6. The SMILES string of the molecule is Nc1ncccc1C(=O)Nc1cnn2c1C(=O)N(c1ccc(C(F)(F)F)c(CF)c1)CC21CC1. The molecule has 2 amide bonds. The van der Waals surface area contributed by atoms with Gasteiger partial charge in [-0.2, -0.15) is 18.3 Å². The molecule has 34 heavy (non-hydrogen) atoms. The number of carbonyl (C=O) groups is 2. The Bertz CT molecular complexity index is 1310. The summed E-state index contributed by atoms with van der Waals surface area (Å²) in [7, 11) is 0. The van der Waals surface area contributed by atoms with Gasteiger partial charge in [-0.05, 0) is 48.7 Å². The summed E-state index contributed by atoms with van der Waals surface area (Å²) in [6, 6.07) is 5.98. The molecule has 12 heteroatoms. The van der Waals surface area contributed by atoms with Crippen LogP contribution in [0.4, 0.5) is 34.8 Å². The van der Waals surface area contributed by atoms with E-state index in [0.29, 0.717) is 12.8 Å². The second kappa shape index (κ2) is 7.54. The zero-order chi connectivity index (χ0) is 24.3. The zero-order valence-corrected chi connectivity index (χ0v) is 17.6. The van der Waals surface area contributed by atoms with Gasteiger partial charge in [0.05, 0.1) is 35.1 Å². The minimum atomic E-state index is -4.71. The standard InChI is InChI=1S/C22H18F4N6O2/c23-9-12-8-13(3-4-15(12)22(24,25)26)31-11-21(5-6-21)32-17(20(31)34)16(10-29-32)30-19(33)14-2-1-7-28-18(14)27/h1-4,7-8,10H,5-6,9,11H2,(H2,27,28)(H,30,33). The summed E-state index contributed by atoms with van der Waals surface area (Å²) in [5.74, 6) is -1.16. The smallest absolute Gasteiger partial charge is 0.383 e. The van der Waals surface area contributed by atoms with E-state index in [-0.39, 0.29) is 35.0 Å². The first kappa shape index (κ1) is 21.9. The van der Waals surface area contributed by atoms with Crippen molar-refractivity contribution in [2.75, 3.05) is 22.5 Å². The molecule has 1 spiro atoms. The molecule has 2 aliphatic rings. The fraction of sp³-hybridized carbons (Fsp3) is 0.273. The average Bonchev–Trinajstić information content (AvgIpc) is 3.45. The molecule has 1 aromatic carbocycles. The van der Waals surface area contributed by atoms with Crippen LogP contribution in [-0.4, -0.2) is 33.1 Å². The van der Waals surface area contributed by atoms with Crippen LogP contribution in [0.3, 0.4) is 0 Å². The highest BCUT2D eigenvalue weighted by molar-refractivity contribution is 6.14. The number of benzene rings is 1. The highest BCUT2D eigenvalue weighted by atomic mass is 19.4. The number of hydrogen-bond acceptors (Lipinski definition) is 5. The molecular formula is C22H18F4N6O2. The molecule has 0 atom stereocenters. The molecule has 5 rings (SSSR count). The molecule has 0 saturated heterocycles. The first-order chi connectivity index (χ1) is 16.1. The van der Waals surface area contributed by atoms with E-state index in [2.05, 4.69) is 15.4 Å². The molecule has 1 saturated carbocycles.